The highest BCUT2D eigenvalue weighted by Gasteiger charge is 2.41. The molecule has 0 radical (unpaired) electrons. The van der Waals surface area contributed by atoms with Crippen molar-refractivity contribution in [3.05, 3.63) is 52.9 Å². The summed E-state index contributed by atoms with van der Waals surface area (Å²) in [6.45, 7) is 11.8. The molecule has 0 bridgehead atoms. The van der Waals surface area contributed by atoms with Crippen LogP contribution in [0.3, 0.4) is 0 Å². The van der Waals surface area contributed by atoms with Crippen molar-refractivity contribution in [3.63, 3.8) is 0 Å². The number of nitrogens with zero attached hydrogens (tertiary/aromatic N) is 2. The van der Waals surface area contributed by atoms with Gasteiger partial charge in [0.1, 0.15) is 16.8 Å². The zero-order chi connectivity index (χ0) is 25.3. The fourth-order valence-electron chi connectivity index (χ4n) is 4.05. The molecule has 0 saturated carbocycles. The van der Waals surface area contributed by atoms with Crippen molar-refractivity contribution in [2.45, 2.75) is 72.0 Å². The number of hydrogen-bond donors (Lipinski definition) is 1. The minimum Gasteiger partial charge on any atom is -0.478 e. The standard InChI is InChI=1S/C26H40N2O5S/c1-6-10-16-27(17-11-7-2)23-18-21(26(29)30)19-24(34(31,32)28(8-3)9-4)25(23)33-22-14-12-20(5)13-15-22/h12-15,18,24H,6-11,16-17,19H2,1-5H3,(H,29,30). The first kappa shape index (κ1) is 27.9. The van der Waals surface area contributed by atoms with Crippen molar-refractivity contribution in [1.82, 2.24) is 9.21 Å². The van der Waals surface area contributed by atoms with Gasteiger partial charge in [-0.2, -0.15) is 0 Å². The molecule has 1 aromatic carbocycles. The molecule has 1 aromatic rings. The third-order valence-corrected chi connectivity index (χ3v) is 8.45. The summed E-state index contributed by atoms with van der Waals surface area (Å²) in [6.07, 6.45) is 5.25. The summed E-state index contributed by atoms with van der Waals surface area (Å²) in [6, 6.07) is 7.47. The number of carbonyl (C=O) groups is 1. The first-order valence-electron chi connectivity index (χ1n) is 12.4. The van der Waals surface area contributed by atoms with Crippen molar-refractivity contribution in [2.24, 2.45) is 0 Å². The molecule has 8 heteroatoms. The molecular formula is C26H40N2O5S. The fourth-order valence-corrected chi connectivity index (χ4v) is 5.96. The first-order valence-corrected chi connectivity index (χ1v) is 13.9. The molecule has 34 heavy (non-hydrogen) atoms. The van der Waals surface area contributed by atoms with E-state index in [2.05, 4.69) is 18.7 Å². The molecule has 1 aliphatic carbocycles. The summed E-state index contributed by atoms with van der Waals surface area (Å²) in [7, 11) is -3.86. The van der Waals surface area contributed by atoms with E-state index in [-0.39, 0.29) is 12.0 Å². The van der Waals surface area contributed by atoms with E-state index in [1.807, 2.05) is 31.2 Å². The van der Waals surface area contributed by atoms with Gasteiger partial charge >= 0.3 is 5.97 Å². The van der Waals surface area contributed by atoms with Crippen LogP contribution in [0.15, 0.2) is 47.4 Å². The lowest BCUT2D eigenvalue weighted by atomic mass is 9.99. The van der Waals surface area contributed by atoms with Gasteiger partial charge in [-0.3, -0.25) is 0 Å². The molecule has 0 heterocycles. The number of aliphatic carboxylic acids is 1. The summed E-state index contributed by atoms with van der Waals surface area (Å²) in [4.78, 5) is 14.2. The van der Waals surface area contributed by atoms with Gasteiger partial charge in [0.2, 0.25) is 10.0 Å². The van der Waals surface area contributed by atoms with Gasteiger partial charge in [-0.25, -0.2) is 17.5 Å². The van der Waals surface area contributed by atoms with Crippen LogP contribution >= 0.6 is 0 Å². The molecule has 0 saturated heterocycles. The minimum absolute atomic E-state index is 0.0879. The lowest BCUT2D eigenvalue weighted by Crippen LogP contribution is -2.44. The number of allylic oxidation sites excluding steroid dienone is 1. The fraction of sp³-hybridized carbons (Fsp3) is 0.577. The number of carboxylic acid groups (broad SMARTS) is 1. The van der Waals surface area contributed by atoms with Crippen LogP contribution in [-0.4, -0.2) is 60.1 Å². The Morgan fingerprint density at radius 1 is 1.03 bits per heavy atom. The van der Waals surface area contributed by atoms with E-state index >= 15 is 0 Å². The molecule has 190 valence electrons. The summed E-state index contributed by atoms with van der Waals surface area (Å²) in [5, 5.41) is 8.77. The summed E-state index contributed by atoms with van der Waals surface area (Å²) in [5.74, 6) is -0.249. The lowest BCUT2D eigenvalue weighted by molar-refractivity contribution is -0.132. The number of sulfonamides is 1. The predicted molar refractivity (Wildman–Crippen MR) is 136 cm³/mol. The largest absolute Gasteiger partial charge is 0.478 e. The molecule has 1 unspecified atom stereocenters. The second kappa shape index (κ2) is 13.0. The number of hydrogen-bond acceptors (Lipinski definition) is 5. The average molecular weight is 493 g/mol. The van der Waals surface area contributed by atoms with Crippen LogP contribution < -0.4 is 4.74 Å². The van der Waals surface area contributed by atoms with Gasteiger partial charge in [-0.05, 0) is 38.0 Å². The van der Waals surface area contributed by atoms with Gasteiger partial charge in [-0.15, -0.1) is 0 Å². The molecule has 0 spiro atoms. The van der Waals surface area contributed by atoms with Gasteiger partial charge in [0.05, 0.1) is 5.70 Å². The van der Waals surface area contributed by atoms with E-state index in [1.54, 1.807) is 19.9 Å². The molecule has 7 nitrogen and oxygen atoms in total. The van der Waals surface area contributed by atoms with Crippen LogP contribution in [0.5, 0.6) is 5.75 Å². The Morgan fingerprint density at radius 3 is 2.06 bits per heavy atom. The van der Waals surface area contributed by atoms with E-state index in [0.717, 1.165) is 31.2 Å². The number of carboxylic acids is 1. The summed E-state index contributed by atoms with van der Waals surface area (Å²) >= 11 is 0. The van der Waals surface area contributed by atoms with Crippen LogP contribution in [0.2, 0.25) is 0 Å². The highest BCUT2D eigenvalue weighted by atomic mass is 32.2. The van der Waals surface area contributed by atoms with Crippen molar-refractivity contribution >= 4 is 16.0 Å². The Kier molecular flexibility index (Phi) is 10.6. The minimum atomic E-state index is -3.86. The van der Waals surface area contributed by atoms with Crippen molar-refractivity contribution in [2.75, 3.05) is 26.2 Å². The van der Waals surface area contributed by atoms with Crippen LogP contribution in [0.25, 0.3) is 0 Å². The summed E-state index contributed by atoms with van der Waals surface area (Å²) in [5.41, 5.74) is 1.72. The van der Waals surface area contributed by atoms with E-state index in [1.165, 1.54) is 4.31 Å². The molecule has 1 aliphatic rings. The SMILES string of the molecule is CCCCN(CCCC)C1=C(Oc2ccc(C)cc2)C(S(=O)(=O)N(CC)CC)CC(C(=O)O)=C1. The molecule has 1 N–H and O–H groups in total. The molecule has 0 aliphatic heterocycles. The van der Waals surface area contributed by atoms with E-state index in [9.17, 15) is 18.3 Å². The van der Waals surface area contributed by atoms with Crippen molar-refractivity contribution < 1.29 is 23.1 Å². The maximum absolute atomic E-state index is 13.7. The molecule has 2 rings (SSSR count). The van der Waals surface area contributed by atoms with Crippen LogP contribution in [0, 0.1) is 6.92 Å². The second-order valence-electron chi connectivity index (χ2n) is 8.66. The lowest BCUT2D eigenvalue weighted by Gasteiger charge is -2.35. The highest BCUT2D eigenvalue weighted by molar-refractivity contribution is 7.90. The van der Waals surface area contributed by atoms with E-state index in [0.29, 0.717) is 43.4 Å². The van der Waals surface area contributed by atoms with Crippen LogP contribution in [0.4, 0.5) is 0 Å². The summed E-state index contributed by atoms with van der Waals surface area (Å²) < 4.78 is 35.2. The number of unbranched alkanes of at least 4 members (excludes halogenated alkanes) is 2. The Bertz CT molecular complexity index is 971. The Labute approximate surface area is 205 Å². The smallest absolute Gasteiger partial charge is 0.331 e. The number of aryl methyl sites for hydroxylation is 1. The maximum atomic E-state index is 13.7. The van der Waals surface area contributed by atoms with Gasteiger partial charge in [0.15, 0.2) is 0 Å². The van der Waals surface area contributed by atoms with Gasteiger partial charge in [0.25, 0.3) is 0 Å². The monoisotopic (exact) mass is 492 g/mol. The third-order valence-electron chi connectivity index (χ3n) is 6.11. The molecule has 0 aromatic heterocycles. The van der Waals surface area contributed by atoms with Gasteiger partial charge in [0, 0.05) is 38.2 Å². The Morgan fingerprint density at radius 2 is 1.59 bits per heavy atom. The Balaban J connectivity index is 2.74. The molecule has 1 atom stereocenters. The third kappa shape index (κ3) is 6.85. The zero-order valence-electron chi connectivity index (χ0n) is 21.2. The van der Waals surface area contributed by atoms with Gasteiger partial charge in [-0.1, -0.05) is 58.2 Å². The normalized spacial score (nSPS) is 16.5. The van der Waals surface area contributed by atoms with Crippen molar-refractivity contribution in [3.8, 4) is 5.75 Å². The molecule has 0 amide bonds. The second-order valence-corrected chi connectivity index (χ2v) is 10.8. The van der Waals surface area contributed by atoms with E-state index < -0.39 is 21.2 Å². The number of rotatable bonds is 14. The van der Waals surface area contributed by atoms with Crippen LogP contribution in [-0.2, 0) is 14.8 Å². The quantitative estimate of drug-likeness (QED) is 0.396. The number of benzene rings is 1. The predicted octanol–water partition coefficient (Wildman–Crippen LogP) is 4.94. The topological polar surface area (TPSA) is 87.2 Å². The molecular weight excluding hydrogens is 452 g/mol. The van der Waals surface area contributed by atoms with Gasteiger partial charge < -0.3 is 14.7 Å². The molecule has 0 fully saturated rings. The van der Waals surface area contributed by atoms with Crippen molar-refractivity contribution in [1.29, 1.82) is 0 Å². The zero-order valence-corrected chi connectivity index (χ0v) is 22.0. The average Bonchev–Trinajstić information content (AvgIpc) is 2.81. The Hall–Kier alpha value is -2.32. The maximum Gasteiger partial charge on any atom is 0.331 e. The first-order chi connectivity index (χ1) is 16.2. The van der Waals surface area contributed by atoms with E-state index in [4.69, 9.17) is 4.74 Å². The van der Waals surface area contributed by atoms with Crippen LogP contribution in [0.1, 0.15) is 65.4 Å². The number of ether oxygens (including phenoxy) is 1. The highest BCUT2D eigenvalue weighted by Crippen LogP contribution is 2.35.